The zero-order valence-corrected chi connectivity index (χ0v) is 16.7. The van der Waals surface area contributed by atoms with Gasteiger partial charge in [0.05, 0.1) is 16.4 Å². The monoisotopic (exact) mass is 405 g/mol. The predicted molar refractivity (Wildman–Crippen MR) is 111 cm³/mol. The lowest BCUT2D eigenvalue weighted by atomic mass is 10.1. The first kappa shape index (κ1) is 21.2. The lowest BCUT2D eigenvalue weighted by Crippen LogP contribution is -2.23. The van der Waals surface area contributed by atoms with E-state index in [1.807, 2.05) is 32.0 Å². The quantitative estimate of drug-likeness (QED) is 0.211. The Hall–Kier alpha value is -3.14. The van der Waals surface area contributed by atoms with Crippen LogP contribution in [0.3, 0.4) is 0 Å². The highest BCUT2D eigenvalue weighted by atomic mass is 32.2. The summed E-state index contributed by atoms with van der Waals surface area (Å²) in [4.78, 5) is 14.6. The van der Waals surface area contributed by atoms with Crippen LogP contribution >= 0.6 is 0 Å². The molecule has 2 rings (SSSR count). The number of sulfone groups is 1. The van der Waals surface area contributed by atoms with Crippen molar-refractivity contribution in [3.8, 4) is 0 Å². The van der Waals surface area contributed by atoms with Gasteiger partial charge in [-0.25, -0.2) is 8.42 Å². The normalized spacial score (nSPS) is 11.9. The number of nitrogens with one attached hydrogen (secondary N) is 2. The van der Waals surface area contributed by atoms with Gasteiger partial charge in [0, 0.05) is 24.6 Å². The van der Waals surface area contributed by atoms with Crippen LogP contribution in [0.4, 0.5) is 17.1 Å². The Bertz CT molecular complexity index is 1020. The maximum atomic E-state index is 11.6. The van der Waals surface area contributed by atoms with E-state index in [-0.39, 0.29) is 35.3 Å². The number of guanidine groups is 1. The molecule has 0 unspecified atom stereocenters. The summed E-state index contributed by atoms with van der Waals surface area (Å²) in [5.74, 6) is 0.229. The van der Waals surface area contributed by atoms with Crippen LogP contribution in [0.25, 0.3) is 0 Å². The zero-order chi connectivity index (χ0) is 20.9. The predicted octanol–water partition coefficient (Wildman–Crippen LogP) is 2.45. The minimum absolute atomic E-state index is 0.107. The van der Waals surface area contributed by atoms with Gasteiger partial charge in [-0.1, -0.05) is 6.07 Å². The molecule has 4 N–H and O–H groups in total. The van der Waals surface area contributed by atoms with E-state index in [9.17, 15) is 18.5 Å². The van der Waals surface area contributed by atoms with Gasteiger partial charge in [0.15, 0.2) is 15.8 Å². The third kappa shape index (κ3) is 5.68. The van der Waals surface area contributed by atoms with Gasteiger partial charge in [-0.15, -0.1) is 0 Å². The molecule has 150 valence electrons. The van der Waals surface area contributed by atoms with Gasteiger partial charge in [0.1, 0.15) is 5.69 Å². The fourth-order valence-corrected chi connectivity index (χ4v) is 3.06. The lowest BCUT2D eigenvalue weighted by molar-refractivity contribution is -0.384. The van der Waals surface area contributed by atoms with Gasteiger partial charge < -0.3 is 16.4 Å². The van der Waals surface area contributed by atoms with Crippen LogP contribution in [-0.2, 0) is 9.84 Å². The summed E-state index contributed by atoms with van der Waals surface area (Å²) in [5.41, 5.74) is 8.89. The molecule has 2 aromatic carbocycles. The molecule has 0 heterocycles. The number of aryl methyl sites for hydroxylation is 2. The molecule has 0 radical (unpaired) electrons. The SMILES string of the molecule is Cc1ccc(NC(N)=NCCNc2ccc(S(C)(=O)=O)cc2[N+](=O)[O-])cc1C. The summed E-state index contributed by atoms with van der Waals surface area (Å²) in [6, 6.07) is 9.57. The van der Waals surface area contributed by atoms with Crippen molar-refractivity contribution in [1.29, 1.82) is 0 Å². The molecule has 28 heavy (non-hydrogen) atoms. The number of nitrogens with two attached hydrogens (primary N) is 1. The van der Waals surface area contributed by atoms with Gasteiger partial charge in [0.25, 0.3) is 5.69 Å². The molecule has 10 heteroatoms. The van der Waals surface area contributed by atoms with Crippen molar-refractivity contribution in [2.24, 2.45) is 10.7 Å². The summed E-state index contributed by atoms with van der Waals surface area (Å²) in [7, 11) is -3.53. The molecule has 0 aliphatic rings. The average molecular weight is 405 g/mol. The fraction of sp³-hybridized carbons (Fsp3) is 0.278. The average Bonchev–Trinajstić information content (AvgIpc) is 2.61. The molecule has 0 bridgehead atoms. The molecule has 0 atom stereocenters. The maximum absolute atomic E-state index is 11.6. The minimum atomic E-state index is -3.53. The molecule has 0 saturated heterocycles. The van der Waals surface area contributed by atoms with Crippen LogP contribution < -0.4 is 16.4 Å². The number of hydrogen-bond acceptors (Lipinski definition) is 6. The number of hydrogen-bond donors (Lipinski definition) is 3. The first-order valence-electron chi connectivity index (χ1n) is 8.44. The molecule has 0 amide bonds. The molecule has 2 aromatic rings. The van der Waals surface area contributed by atoms with Crippen LogP contribution in [0.1, 0.15) is 11.1 Å². The topological polar surface area (TPSA) is 140 Å². The van der Waals surface area contributed by atoms with E-state index in [4.69, 9.17) is 5.73 Å². The van der Waals surface area contributed by atoms with E-state index < -0.39 is 14.8 Å². The number of benzene rings is 2. The second kappa shape index (κ2) is 8.70. The summed E-state index contributed by atoms with van der Waals surface area (Å²) >= 11 is 0. The Morgan fingerprint density at radius 1 is 1.18 bits per heavy atom. The van der Waals surface area contributed by atoms with Crippen molar-refractivity contribution in [1.82, 2.24) is 0 Å². The molecule has 0 aromatic heterocycles. The van der Waals surface area contributed by atoms with Gasteiger partial charge >= 0.3 is 0 Å². The Labute approximate surface area is 163 Å². The Morgan fingerprint density at radius 2 is 1.89 bits per heavy atom. The smallest absolute Gasteiger partial charge is 0.293 e. The Balaban J connectivity index is 1.99. The summed E-state index contributed by atoms with van der Waals surface area (Å²) < 4.78 is 23.1. The third-order valence-electron chi connectivity index (χ3n) is 4.08. The van der Waals surface area contributed by atoms with Gasteiger partial charge in [-0.2, -0.15) is 0 Å². The van der Waals surface area contributed by atoms with Crippen LogP contribution in [0.15, 0.2) is 46.3 Å². The highest BCUT2D eigenvalue weighted by Crippen LogP contribution is 2.27. The van der Waals surface area contributed by atoms with Crippen molar-refractivity contribution < 1.29 is 13.3 Å². The van der Waals surface area contributed by atoms with Crippen molar-refractivity contribution in [2.75, 3.05) is 30.0 Å². The number of rotatable bonds is 7. The minimum Gasteiger partial charge on any atom is -0.378 e. The first-order valence-corrected chi connectivity index (χ1v) is 10.3. The van der Waals surface area contributed by atoms with Crippen LogP contribution in [0, 0.1) is 24.0 Å². The van der Waals surface area contributed by atoms with Gasteiger partial charge in [-0.3, -0.25) is 15.1 Å². The molecule has 0 spiro atoms. The zero-order valence-electron chi connectivity index (χ0n) is 15.9. The Morgan fingerprint density at radius 3 is 2.50 bits per heavy atom. The van der Waals surface area contributed by atoms with Gasteiger partial charge in [0.2, 0.25) is 0 Å². The number of aliphatic imine (C=N–C) groups is 1. The van der Waals surface area contributed by atoms with Crippen molar-refractivity contribution >= 4 is 32.9 Å². The molecular weight excluding hydrogens is 382 g/mol. The standard InChI is InChI=1S/C18H23N5O4S/c1-12-4-5-14(10-13(12)2)22-18(19)21-9-8-20-16-7-6-15(28(3,26)27)11-17(16)23(24)25/h4-7,10-11,20H,8-9H2,1-3H3,(H3,19,21,22). The van der Waals surface area contributed by atoms with Crippen LogP contribution in [0.2, 0.25) is 0 Å². The summed E-state index contributed by atoms with van der Waals surface area (Å²) in [5, 5.41) is 17.1. The van der Waals surface area contributed by atoms with E-state index in [2.05, 4.69) is 15.6 Å². The molecule has 0 aliphatic carbocycles. The third-order valence-corrected chi connectivity index (χ3v) is 5.19. The maximum Gasteiger partial charge on any atom is 0.293 e. The fourth-order valence-electron chi connectivity index (χ4n) is 2.42. The second-order valence-electron chi connectivity index (χ2n) is 6.33. The number of nitro groups is 1. The van der Waals surface area contributed by atoms with Crippen LogP contribution in [0.5, 0.6) is 0 Å². The lowest BCUT2D eigenvalue weighted by Gasteiger charge is -2.09. The van der Waals surface area contributed by atoms with E-state index in [0.29, 0.717) is 0 Å². The van der Waals surface area contributed by atoms with E-state index >= 15 is 0 Å². The highest BCUT2D eigenvalue weighted by molar-refractivity contribution is 7.90. The molecule has 0 aliphatic heterocycles. The summed E-state index contributed by atoms with van der Waals surface area (Å²) in [6.07, 6.45) is 0.999. The highest BCUT2D eigenvalue weighted by Gasteiger charge is 2.18. The Kier molecular flexibility index (Phi) is 6.57. The number of anilines is 2. The molecular formula is C18H23N5O4S. The molecule has 0 fully saturated rings. The summed E-state index contributed by atoms with van der Waals surface area (Å²) in [6.45, 7) is 4.58. The van der Waals surface area contributed by atoms with E-state index in [1.165, 1.54) is 17.7 Å². The molecule has 9 nitrogen and oxygen atoms in total. The largest absolute Gasteiger partial charge is 0.378 e. The molecule has 0 saturated carbocycles. The van der Waals surface area contributed by atoms with Gasteiger partial charge in [-0.05, 0) is 49.2 Å². The number of nitro benzene ring substituents is 1. The van der Waals surface area contributed by atoms with Crippen molar-refractivity contribution in [3.63, 3.8) is 0 Å². The van der Waals surface area contributed by atoms with Crippen molar-refractivity contribution in [2.45, 2.75) is 18.7 Å². The van der Waals surface area contributed by atoms with E-state index in [0.717, 1.165) is 23.6 Å². The number of nitrogens with zero attached hydrogens (tertiary/aromatic N) is 2. The second-order valence-corrected chi connectivity index (χ2v) is 8.34. The first-order chi connectivity index (χ1) is 13.1. The van der Waals surface area contributed by atoms with Crippen LogP contribution in [-0.4, -0.2) is 38.6 Å². The van der Waals surface area contributed by atoms with Crippen molar-refractivity contribution in [3.05, 3.63) is 57.6 Å². The van der Waals surface area contributed by atoms with E-state index in [1.54, 1.807) is 0 Å².